The Labute approximate surface area is 128 Å². The number of benzene rings is 1. The lowest BCUT2D eigenvalue weighted by atomic mass is 10.2. The van der Waals surface area contributed by atoms with Crippen molar-refractivity contribution < 1.29 is 4.74 Å². The van der Waals surface area contributed by atoms with E-state index in [2.05, 4.69) is 27.1 Å². The lowest BCUT2D eigenvalue weighted by Gasteiger charge is -2.26. The zero-order chi connectivity index (χ0) is 14.5. The molecule has 1 fully saturated rings. The van der Waals surface area contributed by atoms with Crippen molar-refractivity contribution in [3.05, 3.63) is 46.5 Å². The monoisotopic (exact) mass is 302 g/mol. The van der Waals surface area contributed by atoms with Gasteiger partial charge in [0, 0.05) is 13.1 Å². The Balaban J connectivity index is 1.69. The number of hydrogen-bond acceptors (Lipinski definition) is 4. The van der Waals surface area contributed by atoms with Crippen molar-refractivity contribution in [2.24, 2.45) is 0 Å². The fraction of sp³-hybridized carbons (Fsp3) is 0.333. The molecule has 6 heteroatoms. The average Bonchev–Trinajstić information content (AvgIpc) is 2.87. The van der Waals surface area contributed by atoms with Crippen molar-refractivity contribution in [1.82, 2.24) is 19.7 Å². The van der Waals surface area contributed by atoms with Gasteiger partial charge in [-0.25, -0.2) is 4.68 Å². The highest BCUT2D eigenvalue weighted by Crippen LogP contribution is 2.06. The molecule has 2 heterocycles. The van der Waals surface area contributed by atoms with Crippen molar-refractivity contribution in [2.75, 3.05) is 26.3 Å². The first kappa shape index (κ1) is 14.2. The van der Waals surface area contributed by atoms with Crippen LogP contribution in [0.3, 0.4) is 0 Å². The Kier molecular flexibility index (Phi) is 4.59. The second-order valence-electron chi connectivity index (χ2n) is 4.94. The van der Waals surface area contributed by atoms with Crippen LogP contribution >= 0.6 is 12.2 Å². The maximum absolute atomic E-state index is 5.35. The molecule has 0 radical (unpaired) electrons. The fourth-order valence-corrected chi connectivity index (χ4v) is 2.43. The third-order valence-electron chi connectivity index (χ3n) is 3.37. The van der Waals surface area contributed by atoms with Crippen LogP contribution in [-0.2, 0) is 11.4 Å². The number of hydrogen-bond donors (Lipinski definition) is 1. The van der Waals surface area contributed by atoms with Crippen molar-refractivity contribution in [3.63, 3.8) is 0 Å². The first-order valence-corrected chi connectivity index (χ1v) is 7.42. The van der Waals surface area contributed by atoms with Gasteiger partial charge in [-0.1, -0.05) is 36.4 Å². The summed E-state index contributed by atoms with van der Waals surface area (Å²) in [5, 5.41) is 3.23. The van der Waals surface area contributed by atoms with Crippen molar-refractivity contribution >= 4 is 24.4 Å². The van der Waals surface area contributed by atoms with Gasteiger partial charge in [0.15, 0.2) is 0 Å². The third-order valence-corrected chi connectivity index (χ3v) is 3.69. The SMILES string of the molecule is S=c1nc(/C=C/c2ccccc2)[nH]n1CN1CCOCC1. The Morgan fingerprint density at radius 3 is 2.71 bits per heavy atom. The molecule has 21 heavy (non-hydrogen) atoms. The zero-order valence-electron chi connectivity index (χ0n) is 11.7. The van der Waals surface area contributed by atoms with Gasteiger partial charge in [-0.05, 0) is 23.9 Å². The summed E-state index contributed by atoms with van der Waals surface area (Å²) in [4.78, 5) is 6.66. The van der Waals surface area contributed by atoms with Gasteiger partial charge in [-0.15, -0.1) is 0 Å². The van der Waals surface area contributed by atoms with E-state index in [4.69, 9.17) is 17.0 Å². The average molecular weight is 302 g/mol. The maximum Gasteiger partial charge on any atom is 0.217 e. The van der Waals surface area contributed by atoms with E-state index in [9.17, 15) is 0 Å². The van der Waals surface area contributed by atoms with Crippen LogP contribution in [0.1, 0.15) is 11.4 Å². The zero-order valence-corrected chi connectivity index (χ0v) is 12.6. The Bertz CT molecular complexity index is 656. The maximum atomic E-state index is 5.35. The van der Waals surface area contributed by atoms with E-state index >= 15 is 0 Å². The number of nitrogens with one attached hydrogen (secondary N) is 1. The minimum absolute atomic E-state index is 0.578. The largest absolute Gasteiger partial charge is 0.379 e. The molecule has 0 atom stereocenters. The summed E-state index contributed by atoms with van der Waals surface area (Å²) in [7, 11) is 0. The molecular formula is C15H18N4OS. The van der Waals surface area contributed by atoms with E-state index in [0.717, 1.165) is 44.4 Å². The van der Waals surface area contributed by atoms with Crippen LogP contribution in [0.5, 0.6) is 0 Å². The van der Waals surface area contributed by atoms with Gasteiger partial charge in [0.1, 0.15) is 5.82 Å². The first-order chi connectivity index (χ1) is 10.3. The fourth-order valence-electron chi connectivity index (χ4n) is 2.23. The molecule has 110 valence electrons. The molecule has 0 amide bonds. The number of ether oxygens (including phenoxy) is 1. The second-order valence-corrected chi connectivity index (χ2v) is 5.30. The number of aromatic nitrogens is 3. The Morgan fingerprint density at radius 2 is 1.95 bits per heavy atom. The molecule has 0 unspecified atom stereocenters. The van der Waals surface area contributed by atoms with Crippen LogP contribution in [0, 0.1) is 4.77 Å². The van der Waals surface area contributed by atoms with Crippen LogP contribution < -0.4 is 0 Å². The molecule has 0 spiro atoms. The smallest absolute Gasteiger partial charge is 0.217 e. The van der Waals surface area contributed by atoms with Crippen LogP contribution in [0.25, 0.3) is 12.2 Å². The molecule has 1 saturated heterocycles. The highest BCUT2D eigenvalue weighted by molar-refractivity contribution is 7.71. The molecular weight excluding hydrogens is 284 g/mol. The van der Waals surface area contributed by atoms with Gasteiger partial charge in [0.05, 0.1) is 19.9 Å². The quantitative estimate of drug-likeness (QED) is 0.881. The highest BCUT2D eigenvalue weighted by atomic mass is 32.1. The molecule has 5 nitrogen and oxygen atoms in total. The molecule has 1 aromatic heterocycles. The van der Waals surface area contributed by atoms with Gasteiger partial charge in [0.2, 0.25) is 4.77 Å². The normalized spacial score (nSPS) is 16.6. The van der Waals surface area contributed by atoms with E-state index in [1.807, 2.05) is 35.0 Å². The summed E-state index contributed by atoms with van der Waals surface area (Å²) in [5.41, 5.74) is 1.14. The number of morpholine rings is 1. The molecule has 1 aromatic carbocycles. The Hall–Kier alpha value is -1.76. The molecule has 1 N–H and O–H groups in total. The van der Waals surface area contributed by atoms with Gasteiger partial charge in [-0.3, -0.25) is 10.00 Å². The van der Waals surface area contributed by atoms with Crippen molar-refractivity contribution in [2.45, 2.75) is 6.67 Å². The van der Waals surface area contributed by atoms with Gasteiger partial charge in [-0.2, -0.15) is 4.98 Å². The predicted molar refractivity (Wildman–Crippen MR) is 85.2 cm³/mol. The van der Waals surface area contributed by atoms with Crippen LogP contribution in [-0.4, -0.2) is 46.0 Å². The molecule has 0 saturated carbocycles. The van der Waals surface area contributed by atoms with E-state index in [1.165, 1.54) is 0 Å². The van der Waals surface area contributed by atoms with E-state index in [1.54, 1.807) is 0 Å². The minimum Gasteiger partial charge on any atom is -0.379 e. The molecule has 2 aromatic rings. The number of nitrogens with zero attached hydrogens (tertiary/aromatic N) is 3. The second kappa shape index (κ2) is 6.80. The van der Waals surface area contributed by atoms with Crippen molar-refractivity contribution in [1.29, 1.82) is 0 Å². The predicted octanol–water partition coefficient (Wildman–Crippen LogP) is 2.40. The van der Waals surface area contributed by atoms with Crippen LogP contribution in [0.2, 0.25) is 0 Å². The summed E-state index contributed by atoms with van der Waals surface area (Å²) in [5.74, 6) is 0.775. The lowest BCUT2D eigenvalue weighted by Crippen LogP contribution is -2.37. The minimum atomic E-state index is 0.578. The van der Waals surface area contributed by atoms with Crippen LogP contribution in [0.4, 0.5) is 0 Å². The topological polar surface area (TPSA) is 46.1 Å². The summed E-state index contributed by atoms with van der Waals surface area (Å²) < 4.78 is 7.82. The number of rotatable bonds is 4. The molecule has 1 aliphatic heterocycles. The van der Waals surface area contributed by atoms with E-state index in [-0.39, 0.29) is 0 Å². The third kappa shape index (κ3) is 3.87. The molecule has 0 aliphatic carbocycles. The van der Waals surface area contributed by atoms with Crippen molar-refractivity contribution in [3.8, 4) is 0 Å². The summed E-state index contributed by atoms with van der Waals surface area (Å²) >= 11 is 5.30. The molecule has 1 aliphatic rings. The number of H-pyrrole nitrogens is 1. The van der Waals surface area contributed by atoms with Gasteiger partial charge < -0.3 is 4.74 Å². The standard InChI is InChI=1S/C15H18N4OS/c21-15-16-14(7-6-13-4-2-1-3-5-13)17-19(15)12-18-8-10-20-11-9-18/h1-7H,8-12H2,(H,16,17,21)/b7-6+. The van der Waals surface area contributed by atoms with Crippen LogP contribution in [0.15, 0.2) is 30.3 Å². The Morgan fingerprint density at radius 1 is 1.19 bits per heavy atom. The summed E-state index contributed by atoms with van der Waals surface area (Å²) in [6.45, 7) is 4.14. The highest BCUT2D eigenvalue weighted by Gasteiger charge is 2.11. The summed E-state index contributed by atoms with van der Waals surface area (Å²) in [6.07, 6.45) is 3.97. The molecule has 0 bridgehead atoms. The first-order valence-electron chi connectivity index (χ1n) is 7.01. The number of aromatic amines is 1. The summed E-state index contributed by atoms with van der Waals surface area (Å²) in [6, 6.07) is 10.1. The van der Waals surface area contributed by atoms with Gasteiger partial charge >= 0.3 is 0 Å². The van der Waals surface area contributed by atoms with E-state index < -0.39 is 0 Å². The van der Waals surface area contributed by atoms with Gasteiger partial charge in [0.25, 0.3) is 0 Å². The lowest BCUT2D eigenvalue weighted by molar-refractivity contribution is 0.0210. The van der Waals surface area contributed by atoms with E-state index in [0.29, 0.717) is 4.77 Å². The molecule has 3 rings (SSSR count).